The van der Waals surface area contributed by atoms with E-state index in [9.17, 15) is 0 Å². The third kappa shape index (κ3) is 2.24. The van der Waals surface area contributed by atoms with Gasteiger partial charge in [0, 0.05) is 18.1 Å². The smallest absolute Gasteiger partial charge is 0.119 e. The molecule has 0 amide bonds. The summed E-state index contributed by atoms with van der Waals surface area (Å²) in [6.45, 7) is 3.33. The Bertz CT molecular complexity index is 803. The third-order valence-corrected chi connectivity index (χ3v) is 4.73. The first kappa shape index (κ1) is 13.6. The maximum Gasteiger partial charge on any atom is 0.119 e. The molecule has 4 rings (SSSR count). The van der Waals surface area contributed by atoms with Crippen LogP contribution >= 0.6 is 0 Å². The molecule has 1 fully saturated rings. The minimum Gasteiger partial charge on any atom is -0.497 e. The van der Waals surface area contributed by atoms with E-state index in [2.05, 4.69) is 33.1 Å². The van der Waals surface area contributed by atoms with Crippen LogP contribution in [0.25, 0.3) is 21.9 Å². The Morgan fingerprint density at radius 2 is 2.09 bits per heavy atom. The molecule has 1 aromatic carbocycles. The zero-order valence-electron chi connectivity index (χ0n) is 12.9. The second kappa shape index (κ2) is 5.61. The van der Waals surface area contributed by atoms with E-state index in [1.165, 1.54) is 29.3 Å². The Labute approximate surface area is 130 Å². The topological polar surface area (TPSA) is 39.1 Å². The molecular weight excluding hydrogens is 274 g/mol. The quantitative estimate of drug-likeness (QED) is 0.806. The van der Waals surface area contributed by atoms with Crippen LogP contribution < -0.4 is 10.1 Å². The molecule has 0 radical (unpaired) electrons. The fourth-order valence-electron chi connectivity index (χ4n) is 3.54. The number of aromatic nitrogens is 2. The number of hydrogen-bond acceptors (Lipinski definition) is 3. The van der Waals surface area contributed by atoms with E-state index in [1.807, 2.05) is 18.3 Å². The molecule has 114 valence electrons. The maximum absolute atomic E-state index is 5.39. The van der Waals surface area contributed by atoms with Gasteiger partial charge in [0.15, 0.2) is 0 Å². The van der Waals surface area contributed by atoms with Crippen molar-refractivity contribution in [1.82, 2.24) is 14.9 Å². The molecular formula is C18H21N3O. The fraction of sp³-hybridized carbons (Fsp3) is 0.389. The average Bonchev–Trinajstić information content (AvgIpc) is 2.89. The lowest BCUT2D eigenvalue weighted by atomic mass is 9.98. The molecule has 2 aromatic heterocycles. The minimum absolute atomic E-state index is 0.738. The van der Waals surface area contributed by atoms with Gasteiger partial charge in [-0.1, -0.05) is 0 Å². The van der Waals surface area contributed by atoms with Crippen molar-refractivity contribution in [3.05, 3.63) is 36.5 Å². The number of benzene rings is 1. The van der Waals surface area contributed by atoms with Crippen LogP contribution in [0.4, 0.5) is 0 Å². The number of nitrogens with one attached hydrogen (secondary N) is 1. The van der Waals surface area contributed by atoms with Crippen molar-refractivity contribution in [2.24, 2.45) is 5.92 Å². The van der Waals surface area contributed by atoms with Crippen molar-refractivity contribution in [2.45, 2.75) is 19.4 Å². The second-order valence-corrected chi connectivity index (χ2v) is 6.06. The molecule has 22 heavy (non-hydrogen) atoms. The van der Waals surface area contributed by atoms with Crippen LogP contribution in [0.2, 0.25) is 0 Å². The minimum atomic E-state index is 0.738. The summed E-state index contributed by atoms with van der Waals surface area (Å²) in [6.07, 6.45) is 4.37. The van der Waals surface area contributed by atoms with Crippen molar-refractivity contribution in [3.63, 3.8) is 0 Å². The summed E-state index contributed by atoms with van der Waals surface area (Å²) >= 11 is 0. The standard InChI is InChI=1S/C18H21N3O/c1-22-14-4-5-16-15(11-14)18-17(3-2-8-20-18)21(16)12-13-6-9-19-10-7-13/h2-5,8,11,13,19H,6-7,9-10,12H2,1H3. The van der Waals surface area contributed by atoms with E-state index in [1.54, 1.807) is 7.11 Å². The highest BCUT2D eigenvalue weighted by molar-refractivity contribution is 6.06. The molecule has 4 nitrogen and oxygen atoms in total. The monoisotopic (exact) mass is 295 g/mol. The van der Waals surface area contributed by atoms with Gasteiger partial charge in [0.2, 0.25) is 0 Å². The Hall–Kier alpha value is -2.07. The Morgan fingerprint density at radius 1 is 1.23 bits per heavy atom. The Kier molecular flexibility index (Phi) is 3.47. The number of fused-ring (bicyclic) bond motifs is 3. The van der Waals surface area contributed by atoms with E-state index in [4.69, 9.17) is 4.74 Å². The third-order valence-electron chi connectivity index (χ3n) is 4.73. The van der Waals surface area contributed by atoms with Gasteiger partial charge in [0.25, 0.3) is 0 Å². The first-order valence-corrected chi connectivity index (χ1v) is 7.98. The van der Waals surface area contributed by atoms with Gasteiger partial charge >= 0.3 is 0 Å². The average molecular weight is 295 g/mol. The van der Waals surface area contributed by atoms with Gasteiger partial charge < -0.3 is 14.6 Å². The lowest BCUT2D eigenvalue weighted by Crippen LogP contribution is -2.29. The van der Waals surface area contributed by atoms with Crippen molar-refractivity contribution >= 4 is 21.9 Å². The summed E-state index contributed by atoms with van der Waals surface area (Å²) in [5, 5.41) is 4.63. The van der Waals surface area contributed by atoms with E-state index in [0.717, 1.165) is 36.8 Å². The molecule has 1 aliphatic heterocycles. The summed E-state index contributed by atoms with van der Waals surface area (Å²) in [7, 11) is 1.71. The van der Waals surface area contributed by atoms with E-state index in [-0.39, 0.29) is 0 Å². The number of ether oxygens (including phenoxy) is 1. The van der Waals surface area contributed by atoms with Gasteiger partial charge in [-0.3, -0.25) is 4.98 Å². The molecule has 1 aliphatic rings. The molecule has 0 bridgehead atoms. The van der Waals surface area contributed by atoms with Gasteiger partial charge in [-0.05, 0) is 62.2 Å². The number of pyridine rings is 1. The van der Waals surface area contributed by atoms with Crippen molar-refractivity contribution in [3.8, 4) is 5.75 Å². The molecule has 1 saturated heterocycles. The lowest BCUT2D eigenvalue weighted by molar-refractivity contribution is 0.340. The van der Waals surface area contributed by atoms with Crippen LogP contribution in [0.3, 0.4) is 0 Å². The number of methoxy groups -OCH3 is 1. The van der Waals surface area contributed by atoms with Crippen LogP contribution in [0.15, 0.2) is 36.5 Å². The van der Waals surface area contributed by atoms with E-state index in [0.29, 0.717) is 0 Å². The highest BCUT2D eigenvalue weighted by Crippen LogP contribution is 2.31. The summed E-state index contributed by atoms with van der Waals surface area (Å²) in [4.78, 5) is 4.61. The zero-order chi connectivity index (χ0) is 14.9. The molecule has 0 spiro atoms. The second-order valence-electron chi connectivity index (χ2n) is 6.06. The number of nitrogens with zero attached hydrogens (tertiary/aromatic N) is 2. The van der Waals surface area contributed by atoms with Gasteiger partial charge in [-0.25, -0.2) is 0 Å². The van der Waals surface area contributed by atoms with Crippen LogP contribution in [-0.4, -0.2) is 29.8 Å². The van der Waals surface area contributed by atoms with Gasteiger partial charge in [0.1, 0.15) is 5.75 Å². The number of hydrogen-bond donors (Lipinski definition) is 1. The van der Waals surface area contributed by atoms with Crippen LogP contribution in [0.5, 0.6) is 5.75 Å². The summed E-state index contributed by atoms with van der Waals surface area (Å²) in [5.41, 5.74) is 3.56. The molecule has 3 heterocycles. The van der Waals surface area contributed by atoms with Crippen molar-refractivity contribution in [1.29, 1.82) is 0 Å². The molecule has 4 heteroatoms. The SMILES string of the molecule is COc1ccc2c(c1)c1ncccc1n2CC1CCNCC1. The molecule has 0 unspecified atom stereocenters. The molecule has 0 atom stereocenters. The summed E-state index contributed by atoms with van der Waals surface area (Å²) < 4.78 is 7.82. The maximum atomic E-state index is 5.39. The van der Waals surface area contributed by atoms with Crippen LogP contribution in [0.1, 0.15) is 12.8 Å². The fourth-order valence-corrected chi connectivity index (χ4v) is 3.54. The van der Waals surface area contributed by atoms with Gasteiger partial charge in [-0.15, -0.1) is 0 Å². The predicted octanol–water partition coefficient (Wildman–Crippen LogP) is 3.20. The number of rotatable bonds is 3. The van der Waals surface area contributed by atoms with Gasteiger partial charge in [0.05, 0.1) is 23.7 Å². The molecule has 3 aromatic rings. The summed E-state index contributed by atoms with van der Waals surface area (Å²) in [5.74, 6) is 1.63. The Morgan fingerprint density at radius 3 is 2.91 bits per heavy atom. The van der Waals surface area contributed by atoms with E-state index >= 15 is 0 Å². The van der Waals surface area contributed by atoms with Crippen LogP contribution in [0, 0.1) is 5.92 Å². The predicted molar refractivity (Wildman–Crippen MR) is 89.4 cm³/mol. The van der Waals surface area contributed by atoms with Crippen molar-refractivity contribution < 1.29 is 4.74 Å². The van der Waals surface area contributed by atoms with Crippen LogP contribution in [-0.2, 0) is 6.54 Å². The first-order valence-electron chi connectivity index (χ1n) is 7.98. The first-order chi connectivity index (χ1) is 10.9. The van der Waals surface area contributed by atoms with E-state index < -0.39 is 0 Å². The Balaban J connectivity index is 1.86. The van der Waals surface area contributed by atoms with Gasteiger partial charge in [-0.2, -0.15) is 0 Å². The highest BCUT2D eigenvalue weighted by atomic mass is 16.5. The zero-order valence-corrected chi connectivity index (χ0v) is 12.9. The normalized spacial score (nSPS) is 16.4. The molecule has 0 saturated carbocycles. The largest absolute Gasteiger partial charge is 0.497 e. The summed E-state index contributed by atoms with van der Waals surface area (Å²) in [6, 6.07) is 10.5. The van der Waals surface area contributed by atoms with Crippen molar-refractivity contribution in [2.75, 3.05) is 20.2 Å². The molecule has 1 N–H and O–H groups in total. The highest BCUT2D eigenvalue weighted by Gasteiger charge is 2.18. The molecule has 0 aliphatic carbocycles. The number of piperidine rings is 1. The lowest BCUT2D eigenvalue weighted by Gasteiger charge is -2.23.